The Morgan fingerprint density at radius 2 is 1.95 bits per heavy atom. The molecule has 0 bridgehead atoms. The van der Waals surface area contributed by atoms with Gasteiger partial charge in [0.05, 0.1) is 5.75 Å². The summed E-state index contributed by atoms with van der Waals surface area (Å²) in [5.74, 6) is 0.868. The first-order chi connectivity index (χ1) is 10.1. The highest BCUT2D eigenvalue weighted by Crippen LogP contribution is 2.28. The number of hydrogen-bond acceptors (Lipinski definition) is 6. The maximum Gasteiger partial charge on any atom is 0.433 e. The molecule has 6 nitrogen and oxygen atoms in total. The molecule has 0 aromatic carbocycles. The number of H-pyrrole nitrogens is 1. The van der Waals surface area contributed by atoms with E-state index in [4.69, 9.17) is 4.52 Å². The van der Waals surface area contributed by atoms with E-state index in [9.17, 15) is 18.0 Å². The number of rotatable bonds is 3. The summed E-state index contributed by atoms with van der Waals surface area (Å²) in [6.07, 6.45) is -4.67. The number of nitrogens with zero attached hydrogens (tertiary/aromatic N) is 3. The van der Waals surface area contributed by atoms with E-state index in [0.29, 0.717) is 17.8 Å². The third-order valence-electron chi connectivity index (χ3n) is 2.46. The van der Waals surface area contributed by atoms with Crippen LogP contribution in [0.5, 0.6) is 0 Å². The second kappa shape index (κ2) is 5.75. The molecule has 0 unspecified atom stereocenters. The molecule has 2 aromatic heterocycles. The summed E-state index contributed by atoms with van der Waals surface area (Å²) in [6.45, 7) is 5.68. The summed E-state index contributed by atoms with van der Waals surface area (Å²) in [5, 5.41) is 3.59. The smallest absolute Gasteiger partial charge is 0.339 e. The van der Waals surface area contributed by atoms with Gasteiger partial charge in [0.15, 0.2) is 16.7 Å². The van der Waals surface area contributed by atoms with Gasteiger partial charge >= 0.3 is 6.18 Å². The first-order valence-corrected chi connectivity index (χ1v) is 7.19. The van der Waals surface area contributed by atoms with Gasteiger partial charge < -0.3 is 9.51 Å². The number of aromatic amines is 1. The zero-order valence-corrected chi connectivity index (χ0v) is 12.8. The van der Waals surface area contributed by atoms with Gasteiger partial charge in [-0.3, -0.25) is 4.79 Å². The molecule has 120 valence electrons. The molecule has 0 amide bonds. The maximum absolute atomic E-state index is 12.6. The van der Waals surface area contributed by atoms with Crippen LogP contribution in [-0.2, 0) is 17.3 Å². The van der Waals surface area contributed by atoms with Crippen LogP contribution >= 0.6 is 11.8 Å². The van der Waals surface area contributed by atoms with Crippen molar-refractivity contribution in [3.8, 4) is 0 Å². The van der Waals surface area contributed by atoms with Gasteiger partial charge in [-0.15, -0.1) is 0 Å². The van der Waals surface area contributed by atoms with Gasteiger partial charge in [-0.1, -0.05) is 37.7 Å². The van der Waals surface area contributed by atoms with E-state index in [2.05, 4.69) is 20.1 Å². The number of aromatic nitrogens is 4. The quantitative estimate of drug-likeness (QED) is 0.686. The Hall–Kier alpha value is -1.84. The van der Waals surface area contributed by atoms with Gasteiger partial charge in [-0.25, -0.2) is 4.98 Å². The molecule has 2 heterocycles. The van der Waals surface area contributed by atoms with Crippen LogP contribution in [0, 0.1) is 0 Å². The highest BCUT2D eigenvalue weighted by atomic mass is 32.2. The molecular weight excluding hydrogens is 321 g/mol. The Balaban J connectivity index is 2.14. The fraction of sp³-hybridized carbons (Fsp3) is 0.500. The SMILES string of the molecule is CC(C)(C)c1nc(CSc2nc(C(F)(F)F)cc(=O)[nH]2)no1. The molecule has 0 fully saturated rings. The molecule has 2 aromatic rings. The number of halogens is 3. The fourth-order valence-electron chi connectivity index (χ4n) is 1.40. The Labute approximate surface area is 127 Å². The summed E-state index contributed by atoms with van der Waals surface area (Å²) in [6, 6.07) is 0.413. The van der Waals surface area contributed by atoms with Crippen LogP contribution in [0.15, 0.2) is 20.5 Å². The Morgan fingerprint density at radius 1 is 1.27 bits per heavy atom. The second-order valence-electron chi connectivity index (χ2n) is 5.49. The Bertz CT molecular complexity index is 718. The van der Waals surface area contributed by atoms with Crippen LogP contribution in [0.4, 0.5) is 13.2 Å². The number of hydrogen-bond donors (Lipinski definition) is 1. The number of alkyl halides is 3. The number of nitrogens with one attached hydrogen (secondary N) is 1. The summed E-state index contributed by atoms with van der Waals surface area (Å²) in [5.41, 5.74) is -2.42. The summed E-state index contributed by atoms with van der Waals surface area (Å²) < 4.78 is 42.8. The first-order valence-electron chi connectivity index (χ1n) is 6.20. The lowest BCUT2D eigenvalue weighted by molar-refractivity contribution is -0.141. The third-order valence-corrected chi connectivity index (χ3v) is 3.33. The van der Waals surface area contributed by atoms with E-state index in [1.807, 2.05) is 20.8 Å². The van der Waals surface area contributed by atoms with Crippen LogP contribution in [-0.4, -0.2) is 20.1 Å². The molecule has 0 saturated carbocycles. The lowest BCUT2D eigenvalue weighted by Gasteiger charge is -2.10. The van der Waals surface area contributed by atoms with E-state index < -0.39 is 17.4 Å². The van der Waals surface area contributed by atoms with Crippen molar-refractivity contribution in [3.63, 3.8) is 0 Å². The van der Waals surface area contributed by atoms with Gasteiger partial charge in [0, 0.05) is 11.5 Å². The molecule has 0 aliphatic carbocycles. The highest BCUT2D eigenvalue weighted by Gasteiger charge is 2.33. The average Bonchev–Trinajstić information content (AvgIpc) is 2.83. The fourth-order valence-corrected chi connectivity index (χ4v) is 2.12. The van der Waals surface area contributed by atoms with Gasteiger partial charge in [0.1, 0.15) is 0 Å². The minimum atomic E-state index is -4.67. The first kappa shape index (κ1) is 16.5. The Kier molecular flexibility index (Phi) is 4.32. The normalized spacial score (nSPS) is 12.6. The average molecular weight is 334 g/mol. The maximum atomic E-state index is 12.6. The standard InChI is InChI=1S/C12H13F3N4O2S/c1-11(2,3)9-17-7(19-21-9)5-22-10-16-6(12(13,14)15)4-8(20)18-10/h4H,5H2,1-3H3,(H,16,18,20). The molecule has 0 saturated heterocycles. The topological polar surface area (TPSA) is 84.7 Å². The van der Waals surface area contributed by atoms with E-state index in [-0.39, 0.29) is 16.3 Å². The lowest BCUT2D eigenvalue weighted by Crippen LogP contribution is -2.16. The van der Waals surface area contributed by atoms with Crippen molar-refractivity contribution >= 4 is 11.8 Å². The predicted molar refractivity (Wildman–Crippen MR) is 72.4 cm³/mol. The zero-order valence-electron chi connectivity index (χ0n) is 12.0. The van der Waals surface area contributed by atoms with Gasteiger partial charge in [0.2, 0.25) is 5.89 Å². The van der Waals surface area contributed by atoms with Crippen LogP contribution in [0.3, 0.4) is 0 Å². The third kappa shape index (κ3) is 4.09. The summed E-state index contributed by atoms with van der Waals surface area (Å²) >= 11 is 0.890. The highest BCUT2D eigenvalue weighted by molar-refractivity contribution is 7.98. The molecule has 0 atom stereocenters. The van der Waals surface area contributed by atoms with Crippen molar-refractivity contribution < 1.29 is 17.7 Å². The van der Waals surface area contributed by atoms with Crippen molar-refractivity contribution in [1.82, 2.24) is 20.1 Å². The van der Waals surface area contributed by atoms with Crippen molar-refractivity contribution in [2.75, 3.05) is 0 Å². The second-order valence-corrected chi connectivity index (χ2v) is 6.45. The zero-order chi connectivity index (χ0) is 16.5. The van der Waals surface area contributed by atoms with Crippen molar-refractivity contribution in [2.24, 2.45) is 0 Å². The molecule has 0 radical (unpaired) electrons. The molecule has 10 heteroatoms. The minimum Gasteiger partial charge on any atom is -0.339 e. The van der Waals surface area contributed by atoms with Crippen LogP contribution < -0.4 is 5.56 Å². The van der Waals surface area contributed by atoms with E-state index in [1.165, 1.54) is 0 Å². The van der Waals surface area contributed by atoms with Gasteiger partial charge in [0.25, 0.3) is 5.56 Å². The monoisotopic (exact) mass is 334 g/mol. The number of thioether (sulfide) groups is 1. The predicted octanol–water partition coefficient (Wildman–Crippen LogP) is 2.76. The van der Waals surface area contributed by atoms with Gasteiger partial charge in [-0.2, -0.15) is 18.2 Å². The van der Waals surface area contributed by atoms with E-state index >= 15 is 0 Å². The van der Waals surface area contributed by atoms with Crippen molar-refractivity contribution in [3.05, 3.63) is 33.8 Å². The molecule has 2 rings (SSSR count). The summed E-state index contributed by atoms with van der Waals surface area (Å²) in [4.78, 5) is 21.0. The molecule has 1 N–H and O–H groups in total. The largest absolute Gasteiger partial charge is 0.433 e. The Morgan fingerprint density at radius 3 is 2.50 bits per heavy atom. The van der Waals surface area contributed by atoms with Crippen LogP contribution in [0.2, 0.25) is 0 Å². The van der Waals surface area contributed by atoms with E-state index in [0.717, 1.165) is 11.8 Å². The van der Waals surface area contributed by atoms with Crippen LogP contribution in [0.1, 0.15) is 38.2 Å². The molecule has 22 heavy (non-hydrogen) atoms. The van der Waals surface area contributed by atoms with E-state index in [1.54, 1.807) is 0 Å². The van der Waals surface area contributed by atoms with Crippen molar-refractivity contribution in [2.45, 2.75) is 43.3 Å². The summed E-state index contributed by atoms with van der Waals surface area (Å²) in [7, 11) is 0. The minimum absolute atomic E-state index is 0.129. The lowest BCUT2D eigenvalue weighted by atomic mass is 9.97. The van der Waals surface area contributed by atoms with Crippen LogP contribution in [0.25, 0.3) is 0 Å². The molecular formula is C12H13F3N4O2S. The molecule has 0 aliphatic rings. The molecule has 0 aliphatic heterocycles. The van der Waals surface area contributed by atoms with Gasteiger partial charge in [-0.05, 0) is 0 Å². The van der Waals surface area contributed by atoms with Crippen molar-refractivity contribution in [1.29, 1.82) is 0 Å². The molecule has 0 spiro atoms.